The molecule has 0 saturated heterocycles. The van der Waals surface area contributed by atoms with Crippen LogP contribution in [0.5, 0.6) is 0 Å². The molecule has 0 aliphatic heterocycles. The molecular weight excluding hydrogens is 256 g/mol. The summed E-state index contributed by atoms with van der Waals surface area (Å²) in [6, 6.07) is 6.98. The van der Waals surface area contributed by atoms with Crippen molar-refractivity contribution < 1.29 is 9.90 Å². The van der Waals surface area contributed by atoms with Crippen LogP contribution in [-0.2, 0) is 13.6 Å². The molecule has 0 radical (unpaired) electrons. The standard InChI is InChI=1S/C14H14N4O2/c1-18-10-16-17-13(18)9-15-14(20)12-7-3-2-5-11(12)6-4-8-19/h2-3,5,7,10,19H,8-9H2,1H3,(H,15,20). The summed E-state index contributed by atoms with van der Waals surface area (Å²) >= 11 is 0. The van der Waals surface area contributed by atoms with Gasteiger partial charge in [-0.25, -0.2) is 0 Å². The maximum absolute atomic E-state index is 12.1. The lowest BCUT2D eigenvalue weighted by Gasteiger charge is -2.06. The Bertz CT molecular complexity index is 667. The van der Waals surface area contributed by atoms with E-state index in [1.54, 1.807) is 35.2 Å². The highest BCUT2D eigenvalue weighted by atomic mass is 16.2. The van der Waals surface area contributed by atoms with Gasteiger partial charge in [-0.1, -0.05) is 24.0 Å². The summed E-state index contributed by atoms with van der Waals surface area (Å²) in [5.41, 5.74) is 1.05. The van der Waals surface area contributed by atoms with Crippen molar-refractivity contribution in [2.75, 3.05) is 6.61 Å². The molecule has 102 valence electrons. The van der Waals surface area contributed by atoms with Crippen LogP contribution >= 0.6 is 0 Å². The van der Waals surface area contributed by atoms with E-state index < -0.39 is 0 Å². The second kappa shape index (κ2) is 6.50. The van der Waals surface area contributed by atoms with E-state index >= 15 is 0 Å². The normalized spacial score (nSPS) is 9.70. The molecular formula is C14H14N4O2. The van der Waals surface area contributed by atoms with Crippen LogP contribution in [-0.4, -0.2) is 32.4 Å². The second-order valence-electron chi connectivity index (χ2n) is 4.05. The van der Waals surface area contributed by atoms with Crippen molar-refractivity contribution in [1.82, 2.24) is 20.1 Å². The van der Waals surface area contributed by atoms with E-state index in [4.69, 9.17) is 5.11 Å². The highest BCUT2D eigenvalue weighted by Crippen LogP contribution is 2.07. The van der Waals surface area contributed by atoms with Crippen molar-refractivity contribution in [2.24, 2.45) is 7.05 Å². The first kappa shape index (κ1) is 13.8. The van der Waals surface area contributed by atoms with Gasteiger partial charge >= 0.3 is 0 Å². The first-order chi connectivity index (χ1) is 9.72. The Hall–Kier alpha value is -2.65. The van der Waals surface area contributed by atoms with Gasteiger partial charge in [0.05, 0.1) is 12.1 Å². The fraction of sp³-hybridized carbons (Fsp3) is 0.214. The summed E-state index contributed by atoms with van der Waals surface area (Å²) in [4.78, 5) is 12.1. The lowest BCUT2D eigenvalue weighted by molar-refractivity contribution is 0.0949. The van der Waals surface area contributed by atoms with Crippen LogP contribution in [0.4, 0.5) is 0 Å². The molecule has 6 nitrogen and oxygen atoms in total. The number of aliphatic hydroxyl groups is 1. The molecule has 1 heterocycles. The predicted molar refractivity (Wildman–Crippen MR) is 72.6 cm³/mol. The smallest absolute Gasteiger partial charge is 0.252 e. The average Bonchev–Trinajstić information content (AvgIpc) is 2.88. The van der Waals surface area contributed by atoms with Gasteiger partial charge in [0.2, 0.25) is 0 Å². The summed E-state index contributed by atoms with van der Waals surface area (Å²) in [6.07, 6.45) is 1.57. The number of hydrogen-bond donors (Lipinski definition) is 2. The van der Waals surface area contributed by atoms with Gasteiger partial charge in [-0.15, -0.1) is 10.2 Å². The summed E-state index contributed by atoms with van der Waals surface area (Å²) in [5, 5.41) is 19.1. The Morgan fingerprint density at radius 2 is 2.25 bits per heavy atom. The molecule has 0 spiro atoms. The number of aryl methyl sites for hydroxylation is 1. The summed E-state index contributed by atoms with van der Waals surface area (Å²) in [6.45, 7) is 0.0476. The molecule has 0 bridgehead atoms. The zero-order chi connectivity index (χ0) is 14.4. The largest absolute Gasteiger partial charge is 0.384 e. The number of carbonyl (C=O) groups is 1. The average molecular weight is 270 g/mol. The molecule has 2 N–H and O–H groups in total. The summed E-state index contributed by atoms with van der Waals surface area (Å²) < 4.78 is 1.73. The molecule has 0 aliphatic rings. The summed E-state index contributed by atoms with van der Waals surface area (Å²) in [5.74, 6) is 5.72. The van der Waals surface area contributed by atoms with Crippen molar-refractivity contribution in [2.45, 2.75) is 6.54 Å². The molecule has 1 amide bonds. The number of rotatable bonds is 3. The number of aliphatic hydroxyl groups excluding tert-OH is 1. The van der Waals surface area contributed by atoms with Crippen molar-refractivity contribution in [3.8, 4) is 11.8 Å². The van der Waals surface area contributed by atoms with E-state index in [-0.39, 0.29) is 19.1 Å². The number of aromatic nitrogens is 3. The van der Waals surface area contributed by atoms with Crippen LogP contribution in [0.25, 0.3) is 0 Å². The number of benzene rings is 1. The topological polar surface area (TPSA) is 80.0 Å². The fourth-order valence-corrected chi connectivity index (χ4v) is 1.65. The van der Waals surface area contributed by atoms with Crippen LogP contribution in [0, 0.1) is 11.8 Å². The molecule has 2 aromatic rings. The van der Waals surface area contributed by atoms with Gasteiger partial charge in [-0.05, 0) is 12.1 Å². The Morgan fingerprint density at radius 3 is 2.95 bits per heavy atom. The minimum absolute atomic E-state index is 0.240. The maximum Gasteiger partial charge on any atom is 0.252 e. The van der Waals surface area contributed by atoms with E-state index in [9.17, 15) is 4.79 Å². The molecule has 0 atom stereocenters. The van der Waals surface area contributed by atoms with E-state index in [2.05, 4.69) is 27.4 Å². The van der Waals surface area contributed by atoms with Gasteiger partial charge in [-0.2, -0.15) is 0 Å². The Morgan fingerprint density at radius 1 is 1.45 bits per heavy atom. The number of hydrogen-bond acceptors (Lipinski definition) is 4. The summed E-state index contributed by atoms with van der Waals surface area (Å²) in [7, 11) is 1.81. The van der Waals surface area contributed by atoms with Crippen LogP contribution < -0.4 is 5.32 Å². The number of carbonyl (C=O) groups excluding carboxylic acids is 1. The molecule has 1 aromatic heterocycles. The van der Waals surface area contributed by atoms with Crippen molar-refractivity contribution >= 4 is 5.91 Å². The van der Waals surface area contributed by atoms with E-state index in [1.807, 2.05) is 7.05 Å². The highest BCUT2D eigenvalue weighted by Gasteiger charge is 2.10. The fourth-order valence-electron chi connectivity index (χ4n) is 1.65. The quantitative estimate of drug-likeness (QED) is 0.775. The third-order valence-corrected chi connectivity index (χ3v) is 2.69. The first-order valence-corrected chi connectivity index (χ1v) is 6.02. The van der Waals surface area contributed by atoms with E-state index in [1.165, 1.54) is 0 Å². The van der Waals surface area contributed by atoms with Gasteiger partial charge in [0.15, 0.2) is 5.82 Å². The zero-order valence-electron chi connectivity index (χ0n) is 11.0. The van der Waals surface area contributed by atoms with Crippen LogP contribution in [0.3, 0.4) is 0 Å². The Labute approximate surface area is 116 Å². The molecule has 20 heavy (non-hydrogen) atoms. The van der Waals surface area contributed by atoms with Crippen molar-refractivity contribution in [1.29, 1.82) is 0 Å². The van der Waals surface area contributed by atoms with E-state index in [0.717, 1.165) is 0 Å². The maximum atomic E-state index is 12.1. The molecule has 2 rings (SSSR count). The van der Waals surface area contributed by atoms with Gasteiger partial charge in [0.1, 0.15) is 12.9 Å². The minimum Gasteiger partial charge on any atom is -0.384 e. The minimum atomic E-state index is -0.241. The molecule has 0 aliphatic carbocycles. The molecule has 0 saturated carbocycles. The van der Waals surface area contributed by atoms with E-state index in [0.29, 0.717) is 17.0 Å². The van der Waals surface area contributed by atoms with Gasteiger partial charge in [0.25, 0.3) is 5.91 Å². The second-order valence-corrected chi connectivity index (χ2v) is 4.05. The molecule has 0 unspecified atom stereocenters. The number of nitrogens with zero attached hydrogens (tertiary/aromatic N) is 3. The van der Waals surface area contributed by atoms with Crippen molar-refractivity contribution in [3.05, 3.63) is 47.5 Å². The van der Waals surface area contributed by atoms with Gasteiger partial charge < -0.3 is 15.0 Å². The lowest BCUT2D eigenvalue weighted by Crippen LogP contribution is -2.25. The molecule has 0 fully saturated rings. The third-order valence-electron chi connectivity index (χ3n) is 2.69. The SMILES string of the molecule is Cn1cnnc1CNC(=O)c1ccccc1C#CCO. The van der Waals surface area contributed by atoms with Crippen LogP contribution in [0.15, 0.2) is 30.6 Å². The Kier molecular flexibility index (Phi) is 4.47. The van der Waals surface area contributed by atoms with Crippen LogP contribution in [0.1, 0.15) is 21.7 Å². The number of amides is 1. The van der Waals surface area contributed by atoms with Crippen LogP contribution in [0.2, 0.25) is 0 Å². The third kappa shape index (κ3) is 3.22. The van der Waals surface area contributed by atoms with Crippen molar-refractivity contribution in [3.63, 3.8) is 0 Å². The number of nitrogens with one attached hydrogen (secondary N) is 1. The molecule has 6 heteroatoms. The Balaban J connectivity index is 2.11. The zero-order valence-corrected chi connectivity index (χ0v) is 11.0. The van der Waals surface area contributed by atoms with Gasteiger partial charge in [0, 0.05) is 12.6 Å². The van der Waals surface area contributed by atoms with Gasteiger partial charge in [-0.3, -0.25) is 4.79 Å². The highest BCUT2D eigenvalue weighted by molar-refractivity contribution is 5.96. The first-order valence-electron chi connectivity index (χ1n) is 6.02. The molecule has 1 aromatic carbocycles. The lowest BCUT2D eigenvalue weighted by atomic mass is 10.1. The monoisotopic (exact) mass is 270 g/mol. The predicted octanol–water partition coefficient (Wildman–Crippen LogP) is 0.0889.